The van der Waals surface area contributed by atoms with E-state index in [2.05, 4.69) is 25.3 Å². The standard InChI is InChI=1S/C20H14F3N5OS/c21-20(22,23)16-6-8-25-19(28-16)27-14-5-1-3-12(9-14)15-11-26-18(30-15)17(29)13-4-2-7-24-10-13/h1-11,17,29H,(H,25,27,28). The maximum Gasteiger partial charge on any atom is 0.433 e. The Labute approximate surface area is 173 Å². The van der Waals surface area contributed by atoms with Crippen LogP contribution < -0.4 is 5.32 Å². The Balaban J connectivity index is 1.55. The van der Waals surface area contributed by atoms with Crippen LogP contribution in [0, 0.1) is 0 Å². The fourth-order valence-electron chi connectivity index (χ4n) is 2.68. The summed E-state index contributed by atoms with van der Waals surface area (Å²) >= 11 is 1.31. The number of aliphatic hydroxyl groups is 1. The minimum atomic E-state index is -4.55. The van der Waals surface area contributed by atoms with E-state index in [4.69, 9.17) is 0 Å². The largest absolute Gasteiger partial charge is 0.433 e. The number of halogens is 3. The van der Waals surface area contributed by atoms with Crippen molar-refractivity contribution in [3.63, 3.8) is 0 Å². The zero-order valence-electron chi connectivity index (χ0n) is 15.2. The number of rotatable bonds is 5. The highest BCUT2D eigenvalue weighted by Crippen LogP contribution is 2.33. The van der Waals surface area contributed by atoms with Crippen molar-refractivity contribution in [2.45, 2.75) is 12.3 Å². The SMILES string of the molecule is OC(c1cccnc1)c1ncc(-c2cccc(Nc3nccc(C(F)(F)F)n3)c2)s1. The molecule has 30 heavy (non-hydrogen) atoms. The summed E-state index contributed by atoms with van der Waals surface area (Å²) in [7, 11) is 0. The number of hydrogen-bond donors (Lipinski definition) is 2. The molecule has 10 heteroatoms. The van der Waals surface area contributed by atoms with Crippen molar-refractivity contribution < 1.29 is 18.3 Å². The number of pyridine rings is 1. The third kappa shape index (κ3) is 4.44. The lowest BCUT2D eigenvalue weighted by Crippen LogP contribution is -2.10. The van der Waals surface area contributed by atoms with E-state index < -0.39 is 18.0 Å². The molecule has 6 nitrogen and oxygen atoms in total. The number of anilines is 2. The van der Waals surface area contributed by atoms with Crippen molar-refractivity contribution in [1.29, 1.82) is 0 Å². The molecule has 0 saturated heterocycles. The molecule has 1 aromatic carbocycles. The van der Waals surface area contributed by atoms with E-state index in [1.54, 1.807) is 48.9 Å². The Morgan fingerprint density at radius 3 is 2.63 bits per heavy atom. The average Bonchev–Trinajstić information content (AvgIpc) is 3.24. The van der Waals surface area contributed by atoms with Crippen LogP contribution in [-0.4, -0.2) is 25.0 Å². The van der Waals surface area contributed by atoms with Crippen LogP contribution in [0.3, 0.4) is 0 Å². The Morgan fingerprint density at radius 1 is 1.00 bits per heavy atom. The van der Waals surface area contributed by atoms with Gasteiger partial charge in [0.25, 0.3) is 0 Å². The Bertz CT molecular complexity index is 1150. The van der Waals surface area contributed by atoms with Crippen LogP contribution in [0.4, 0.5) is 24.8 Å². The molecule has 0 aliphatic carbocycles. The second-order valence-electron chi connectivity index (χ2n) is 6.22. The molecule has 0 aliphatic rings. The molecule has 0 radical (unpaired) electrons. The van der Waals surface area contributed by atoms with Crippen LogP contribution in [0.1, 0.15) is 22.4 Å². The lowest BCUT2D eigenvalue weighted by atomic mass is 10.2. The third-order valence-corrected chi connectivity index (χ3v) is 5.21. The molecule has 1 atom stereocenters. The predicted octanol–water partition coefficient (Wildman–Crippen LogP) is 4.84. The minimum absolute atomic E-state index is 0.154. The van der Waals surface area contributed by atoms with E-state index in [0.717, 1.165) is 22.7 Å². The van der Waals surface area contributed by atoms with E-state index in [0.29, 0.717) is 16.3 Å². The highest BCUT2D eigenvalue weighted by atomic mass is 32.1. The molecule has 0 amide bonds. The van der Waals surface area contributed by atoms with Crippen molar-refractivity contribution in [2.75, 3.05) is 5.32 Å². The summed E-state index contributed by atoms with van der Waals surface area (Å²) in [6.45, 7) is 0. The lowest BCUT2D eigenvalue weighted by Gasteiger charge is -2.09. The first-order valence-corrected chi connectivity index (χ1v) is 9.53. The number of aromatic nitrogens is 4. The van der Waals surface area contributed by atoms with Crippen LogP contribution in [0.15, 0.2) is 67.3 Å². The van der Waals surface area contributed by atoms with Gasteiger partial charge in [0.05, 0.1) is 4.88 Å². The van der Waals surface area contributed by atoms with Crippen molar-refractivity contribution in [1.82, 2.24) is 19.9 Å². The van der Waals surface area contributed by atoms with Crippen molar-refractivity contribution in [3.05, 3.63) is 83.5 Å². The summed E-state index contributed by atoms with van der Waals surface area (Å²) < 4.78 is 38.5. The van der Waals surface area contributed by atoms with Gasteiger partial charge in [-0.2, -0.15) is 13.2 Å². The number of thiazole rings is 1. The van der Waals surface area contributed by atoms with Gasteiger partial charge in [-0.05, 0) is 29.8 Å². The van der Waals surface area contributed by atoms with Crippen LogP contribution in [0.5, 0.6) is 0 Å². The van der Waals surface area contributed by atoms with E-state index in [1.165, 1.54) is 11.3 Å². The smallest absolute Gasteiger partial charge is 0.381 e. The summed E-state index contributed by atoms with van der Waals surface area (Å²) in [6, 6.07) is 11.3. The van der Waals surface area contributed by atoms with E-state index in [-0.39, 0.29) is 5.95 Å². The Morgan fingerprint density at radius 2 is 1.87 bits per heavy atom. The predicted molar refractivity (Wildman–Crippen MR) is 106 cm³/mol. The molecular formula is C20H14F3N5OS. The number of aliphatic hydroxyl groups excluding tert-OH is 1. The summed E-state index contributed by atoms with van der Waals surface area (Å²) in [5.74, 6) is -0.154. The average molecular weight is 429 g/mol. The molecule has 0 saturated carbocycles. The highest BCUT2D eigenvalue weighted by Gasteiger charge is 2.32. The number of benzene rings is 1. The Kier molecular flexibility index (Phi) is 5.42. The van der Waals surface area contributed by atoms with Crippen LogP contribution in [-0.2, 0) is 6.18 Å². The molecule has 0 fully saturated rings. The topological polar surface area (TPSA) is 83.8 Å². The molecule has 0 spiro atoms. The summed E-state index contributed by atoms with van der Waals surface area (Å²) in [5.41, 5.74) is 0.923. The normalized spacial score (nSPS) is 12.5. The fraction of sp³-hybridized carbons (Fsp3) is 0.100. The summed E-state index contributed by atoms with van der Waals surface area (Å²) in [6.07, 6.45) is 0.449. The first-order valence-electron chi connectivity index (χ1n) is 8.71. The van der Waals surface area contributed by atoms with Gasteiger partial charge in [-0.1, -0.05) is 18.2 Å². The monoisotopic (exact) mass is 429 g/mol. The van der Waals surface area contributed by atoms with Gasteiger partial charge in [0.15, 0.2) is 0 Å². The highest BCUT2D eigenvalue weighted by molar-refractivity contribution is 7.15. The number of alkyl halides is 3. The third-order valence-electron chi connectivity index (χ3n) is 4.11. The van der Waals surface area contributed by atoms with E-state index in [9.17, 15) is 18.3 Å². The molecule has 3 aromatic heterocycles. The van der Waals surface area contributed by atoms with Gasteiger partial charge in [-0.25, -0.2) is 15.0 Å². The zero-order valence-corrected chi connectivity index (χ0v) is 16.0. The minimum Gasteiger partial charge on any atom is -0.381 e. The van der Waals surface area contributed by atoms with Gasteiger partial charge in [0.1, 0.15) is 16.8 Å². The lowest BCUT2D eigenvalue weighted by molar-refractivity contribution is -0.141. The van der Waals surface area contributed by atoms with E-state index in [1.807, 2.05) is 6.07 Å². The Hall–Kier alpha value is -3.37. The first-order chi connectivity index (χ1) is 14.4. The molecule has 152 valence electrons. The molecule has 4 rings (SSSR count). The quantitative estimate of drug-likeness (QED) is 0.472. The fourth-order valence-corrected chi connectivity index (χ4v) is 3.61. The van der Waals surface area contributed by atoms with Gasteiger partial charge < -0.3 is 10.4 Å². The molecule has 0 aliphatic heterocycles. The summed E-state index contributed by atoms with van der Waals surface area (Å²) in [4.78, 5) is 16.4. The van der Waals surface area contributed by atoms with Crippen molar-refractivity contribution >= 4 is 23.0 Å². The number of nitrogens with one attached hydrogen (secondary N) is 1. The van der Waals surface area contributed by atoms with Crippen LogP contribution in [0.2, 0.25) is 0 Å². The number of nitrogens with zero attached hydrogens (tertiary/aromatic N) is 4. The second-order valence-corrected chi connectivity index (χ2v) is 7.28. The maximum atomic E-state index is 12.8. The molecule has 0 bridgehead atoms. The van der Waals surface area contributed by atoms with Crippen molar-refractivity contribution in [2.24, 2.45) is 0 Å². The number of hydrogen-bond acceptors (Lipinski definition) is 7. The summed E-state index contributed by atoms with van der Waals surface area (Å²) in [5, 5.41) is 13.8. The van der Waals surface area contributed by atoms with Gasteiger partial charge in [0, 0.05) is 36.0 Å². The van der Waals surface area contributed by atoms with Gasteiger partial charge in [0.2, 0.25) is 5.95 Å². The first kappa shape index (κ1) is 19.9. The molecule has 4 aromatic rings. The molecule has 3 heterocycles. The van der Waals surface area contributed by atoms with Gasteiger partial charge >= 0.3 is 6.18 Å². The zero-order chi connectivity index (χ0) is 21.1. The maximum absolute atomic E-state index is 12.8. The van der Waals surface area contributed by atoms with Gasteiger partial charge in [-0.15, -0.1) is 11.3 Å². The molecular weight excluding hydrogens is 415 g/mol. The molecule has 1 unspecified atom stereocenters. The van der Waals surface area contributed by atoms with E-state index >= 15 is 0 Å². The van der Waals surface area contributed by atoms with Crippen molar-refractivity contribution in [3.8, 4) is 10.4 Å². The van der Waals surface area contributed by atoms with Crippen LogP contribution >= 0.6 is 11.3 Å². The molecule has 2 N–H and O–H groups in total. The van der Waals surface area contributed by atoms with Crippen LogP contribution in [0.25, 0.3) is 10.4 Å². The van der Waals surface area contributed by atoms with Gasteiger partial charge in [-0.3, -0.25) is 4.98 Å². The second kappa shape index (κ2) is 8.17.